The van der Waals surface area contributed by atoms with Crippen LogP contribution in [0.25, 0.3) is 0 Å². The number of rotatable bonds is 5. The lowest BCUT2D eigenvalue weighted by molar-refractivity contribution is -0.118. The fraction of sp³-hybridized carbons (Fsp3) is 0.750. The predicted molar refractivity (Wildman–Crippen MR) is 41.9 cm³/mol. The lowest BCUT2D eigenvalue weighted by Crippen LogP contribution is -2.12. The summed E-state index contributed by atoms with van der Waals surface area (Å²) in [6.45, 7) is 7.16. The van der Waals surface area contributed by atoms with E-state index in [0.717, 1.165) is 0 Å². The zero-order chi connectivity index (χ0) is 7.82. The number of ether oxygens (including phenoxy) is 2. The van der Waals surface area contributed by atoms with Crippen LogP contribution in [0.4, 0.5) is 0 Å². The zero-order valence-electron chi connectivity index (χ0n) is 6.96. The minimum absolute atomic E-state index is 0.0822. The van der Waals surface area contributed by atoms with Crippen molar-refractivity contribution in [2.45, 2.75) is 27.1 Å². The first-order valence-electron chi connectivity index (χ1n) is 3.65. The Kier molecular flexibility index (Phi) is 6.55. The molecular formula is C8H16O2. The first kappa shape index (κ1) is 9.66. The maximum absolute atomic E-state index is 5.21. The van der Waals surface area contributed by atoms with Gasteiger partial charge in [0.05, 0.1) is 6.61 Å². The van der Waals surface area contributed by atoms with Crippen LogP contribution in [0.5, 0.6) is 0 Å². The zero-order valence-corrected chi connectivity index (χ0v) is 6.96. The van der Waals surface area contributed by atoms with Crippen LogP contribution in [-0.2, 0) is 9.47 Å². The summed E-state index contributed by atoms with van der Waals surface area (Å²) < 4.78 is 10.3. The second-order valence-corrected chi connectivity index (χ2v) is 1.93. The molecule has 0 amide bonds. The van der Waals surface area contributed by atoms with E-state index < -0.39 is 0 Å². The molecule has 0 rings (SSSR count). The summed E-state index contributed by atoms with van der Waals surface area (Å²) in [5.74, 6) is 0. The fourth-order valence-corrected chi connectivity index (χ4v) is 0.570. The van der Waals surface area contributed by atoms with Gasteiger partial charge in [-0.25, -0.2) is 0 Å². The molecule has 0 N–H and O–H groups in total. The van der Waals surface area contributed by atoms with Crippen LogP contribution < -0.4 is 0 Å². The molecule has 0 bridgehead atoms. The van der Waals surface area contributed by atoms with Gasteiger partial charge in [-0.15, -0.1) is 0 Å². The quantitative estimate of drug-likeness (QED) is 0.434. The van der Waals surface area contributed by atoms with E-state index >= 15 is 0 Å². The summed E-state index contributed by atoms with van der Waals surface area (Å²) in [7, 11) is 0. The van der Waals surface area contributed by atoms with Gasteiger partial charge in [-0.2, -0.15) is 0 Å². The summed E-state index contributed by atoms with van der Waals surface area (Å²) in [4.78, 5) is 0. The number of hydrogen-bond donors (Lipinski definition) is 0. The van der Waals surface area contributed by atoms with Gasteiger partial charge in [0.1, 0.15) is 0 Å². The molecule has 0 heterocycles. The standard InChI is InChI=1S/C8H16O2/c1-4-6-7-10-8(3)9-5-2/h4,6,8H,5,7H2,1-3H3. The Morgan fingerprint density at radius 2 is 2.10 bits per heavy atom. The van der Waals surface area contributed by atoms with Crippen molar-refractivity contribution in [2.24, 2.45) is 0 Å². The van der Waals surface area contributed by atoms with Gasteiger partial charge in [-0.1, -0.05) is 12.2 Å². The van der Waals surface area contributed by atoms with Gasteiger partial charge < -0.3 is 9.47 Å². The van der Waals surface area contributed by atoms with Crippen molar-refractivity contribution < 1.29 is 9.47 Å². The van der Waals surface area contributed by atoms with Crippen molar-refractivity contribution in [3.05, 3.63) is 12.2 Å². The molecule has 0 fully saturated rings. The first-order chi connectivity index (χ1) is 4.81. The Morgan fingerprint density at radius 1 is 1.40 bits per heavy atom. The molecule has 0 radical (unpaired) electrons. The molecule has 0 aromatic rings. The third-order valence-corrected chi connectivity index (χ3v) is 1.06. The Hall–Kier alpha value is -0.340. The van der Waals surface area contributed by atoms with Crippen molar-refractivity contribution in [1.29, 1.82) is 0 Å². The van der Waals surface area contributed by atoms with E-state index in [4.69, 9.17) is 9.47 Å². The van der Waals surface area contributed by atoms with E-state index in [1.807, 2.05) is 32.9 Å². The molecule has 60 valence electrons. The largest absolute Gasteiger partial charge is 0.353 e. The lowest BCUT2D eigenvalue weighted by Gasteiger charge is -2.10. The second-order valence-electron chi connectivity index (χ2n) is 1.93. The van der Waals surface area contributed by atoms with Gasteiger partial charge in [0.15, 0.2) is 6.29 Å². The van der Waals surface area contributed by atoms with Crippen LogP contribution in [0.1, 0.15) is 20.8 Å². The van der Waals surface area contributed by atoms with E-state index in [1.165, 1.54) is 0 Å². The SMILES string of the molecule is CC=CCOC(C)OCC. The Bertz CT molecular complexity index is 89.3. The van der Waals surface area contributed by atoms with Crippen LogP contribution in [-0.4, -0.2) is 19.5 Å². The van der Waals surface area contributed by atoms with Crippen LogP contribution in [0.3, 0.4) is 0 Å². The molecular weight excluding hydrogens is 128 g/mol. The van der Waals surface area contributed by atoms with E-state index in [1.54, 1.807) is 0 Å². The number of hydrogen-bond acceptors (Lipinski definition) is 2. The average Bonchev–Trinajstić information content (AvgIpc) is 1.89. The Morgan fingerprint density at radius 3 is 2.60 bits per heavy atom. The van der Waals surface area contributed by atoms with Gasteiger partial charge in [-0.05, 0) is 20.8 Å². The summed E-state index contributed by atoms with van der Waals surface area (Å²) in [6.07, 6.45) is 3.83. The van der Waals surface area contributed by atoms with Crippen molar-refractivity contribution in [3.8, 4) is 0 Å². The maximum Gasteiger partial charge on any atom is 0.155 e. The molecule has 10 heavy (non-hydrogen) atoms. The lowest BCUT2D eigenvalue weighted by atomic mass is 10.5. The molecule has 0 aliphatic carbocycles. The van der Waals surface area contributed by atoms with Gasteiger partial charge in [0.2, 0.25) is 0 Å². The molecule has 1 unspecified atom stereocenters. The highest BCUT2D eigenvalue weighted by molar-refractivity contribution is 4.75. The van der Waals surface area contributed by atoms with Gasteiger partial charge in [0, 0.05) is 6.61 Å². The second kappa shape index (κ2) is 6.78. The highest BCUT2D eigenvalue weighted by atomic mass is 16.7. The molecule has 0 aliphatic heterocycles. The maximum atomic E-state index is 5.21. The third-order valence-electron chi connectivity index (χ3n) is 1.06. The van der Waals surface area contributed by atoms with Crippen LogP contribution in [0.15, 0.2) is 12.2 Å². The Labute approximate surface area is 62.8 Å². The van der Waals surface area contributed by atoms with Crippen LogP contribution in [0.2, 0.25) is 0 Å². The van der Waals surface area contributed by atoms with Crippen molar-refractivity contribution in [2.75, 3.05) is 13.2 Å². The van der Waals surface area contributed by atoms with Crippen molar-refractivity contribution in [3.63, 3.8) is 0 Å². The van der Waals surface area contributed by atoms with E-state index in [2.05, 4.69) is 0 Å². The molecule has 2 nitrogen and oxygen atoms in total. The summed E-state index contributed by atoms with van der Waals surface area (Å²) in [5.41, 5.74) is 0. The van der Waals surface area contributed by atoms with Crippen LogP contribution in [0, 0.1) is 0 Å². The monoisotopic (exact) mass is 144 g/mol. The first-order valence-corrected chi connectivity index (χ1v) is 3.65. The number of allylic oxidation sites excluding steroid dienone is 1. The molecule has 0 aromatic carbocycles. The van der Waals surface area contributed by atoms with Crippen molar-refractivity contribution in [1.82, 2.24) is 0 Å². The van der Waals surface area contributed by atoms with Crippen molar-refractivity contribution >= 4 is 0 Å². The highest BCUT2D eigenvalue weighted by Crippen LogP contribution is 1.92. The Balaban J connectivity index is 3.12. The minimum Gasteiger partial charge on any atom is -0.353 e. The highest BCUT2D eigenvalue weighted by Gasteiger charge is 1.95. The van der Waals surface area contributed by atoms with Gasteiger partial charge >= 0.3 is 0 Å². The topological polar surface area (TPSA) is 18.5 Å². The third kappa shape index (κ3) is 5.79. The average molecular weight is 144 g/mol. The molecule has 0 aromatic heterocycles. The molecule has 0 saturated heterocycles. The summed E-state index contributed by atoms with van der Waals surface area (Å²) >= 11 is 0. The van der Waals surface area contributed by atoms with E-state index in [0.29, 0.717) is 13.2 Å². The predicted octanol–water partition coefficient (Wildman–Crippen LogP) is 1.96. The summed E-state index contributed by atoms with van der Waals surface area (Å²) in [5, 5.41) is 0. The van der Waals surface area contributed by atoms with E-state index in [9.17, 15) is 0 Å². The fourth-order valence-electron chi connectivity index (χ4n) is 0.570. The van der Waals surface area contributed by atoms with Crippen LogP contribution >= 0.6 is 0 Å². The summed E-state index contributed by atoms with van der Waals surface area (Å²) in [6, 6.07) is 0. The minimum atomic E-state index is -0.0822. The molecule has 0 saturated carbocycles. The molecule has 0 aliphatic rings. The molecule has 2 heteroatoms. The smallest absolute Gasteiger partial charge is 0.155 e. The normalized spacial score (nSPS) is 14.3. The molecule has 1 atom stereocenters. The van der Waals surface area contributed by atoms with Gasteiger partial charge in [-0.3, -0.25) is 0 Å². The van der Waals surface area contributed by atoms with E-state index in [-0.39, 0.29) is 6.29 Å². The molecule has 0 spiro atoms. The van der Waals surface area contributed by atoms with Gasteiger partial charge in [0.25, 0.3) is 0 Å².